The van der Waals surface area contributed by atoms with Crippen molar-refractivity contribution in [3.8, 4) is 0 Å². The number of aryl methyl sites for hydroxylation is 1. The number of halogens is 2. The Labute approximate surface area is 141 Å². The SMILES string of the molecule is Cn1ccc2c([C@H](N)c3cn(C4(C(F)F)CC4)nn3)cccc2c1=O. The first-order valence-corrected chi connectivity index (χ1v) is 7.99. The lowest BCUT2D eigenvalue weighted by atomic mass is 9.98. The molecule has 2 N–H and O–H groups in total. The topological polar surface area (TPSA) is 78.7 Å². The van der Waals surface area contributed by atoms with Gasteiger partial charge in [0.15, 0.2) is 0 Å². The fraction of sp³-hybridized carbons (Fsp3) is 0.353. The van der Waals surface area contributed by atoms with E-state index in [-0.39, 0.29) is 5.56 Å². The van der Waals surface area contributed by atoms with Gasteiger partial charge in [0.2, 0.25) is 0 Å². The van der Waals surface area contributed by atoms with Gasteiger partial charge in [0, 0.05) is 18.6 Å². The lowest BCUT2D eigenvalue weighted by molar-refractivity contribution is 0.0593. The minimum atomic E-state index is -2.49. The van der Waals surface area contributed by atoms with Crippen LogP contribution in [-0.2, 0) is 12.6 Å². The third kappa shape index (κ3) is 2.36. The zero-order valence-corrected chi connectivity index (χ0v) is 13.6. The van der Waals surface area contributed by atoms with Gasteiger partial charge in [-0.2, -0.15) is 0 Å². The average molecular weight is 345 g/mol. The number of nitrogens with two attached hydrogens (primary N) is 1. The summed E-state index contributed by atoms with van der Waals surface area (Å²) in [7, 11) is 1.68. The van der Waals surface area contributed by atoms with E-state index in [1.165, 1.54) is 15.4 Å². The number of fused-ring (bicyclic) bond motifs is 1. The molecule has 1 aliphatic carbocycles. The highest BCUT2D eigenvalue weighted by Gasteiger charge is 2.54. The normalized spacial score (nSPS) is 17.2. The maximum atomic E-state index is 13.2. The van der Waals surface area contributed by atoms with Crippen molar-refractivity contribution in [2.24, 2.45) is 12.8 Å². The predicted octanol–water partition coefficient (Wildman–Crippen LogP) is 1.93. The van der Waals surface area contributed by atoms with Gasteiger partial charge in [0.1, 0.15) is 11.2 Å². The molecule has 1 saturated carbocycles. The summed E-state index contributed by atoms with van der Waals surface area (Å²) in [6, 6.07) is 6.47. The van der Waals surface area contributed by atoms with Crippen LogP contribution in [0.2, 0.25) is 0 Å². The Morgan fingerprint density at radius 1 is 1.24 bits per heavy atom. The molecule has 1 atom stereocenters. The highest BCUT2D eigenvalue weighted by atomic mass is 19.3. The second-order valence-electron chi connectivity index (χ2n) is 6.51. The molecule has 1 aromatic carbocycles. The van der Waals surface area contributed by atoms with Gasteiger partial charge < -0.3 is 10.3 Å². The van der Waals surface area contributed by atoms with Crippen molar-refractivity contribution in [2.75, 3.05) is 0 Å². The highest BCUT2D eigenvalue weighted by molar-refractivity contribution is 5.85. The van der Waals surface area contributed by atoms with Gasteiger partial charge in [0.05, 0.1) is 12.2 Å². The first-order valence-electron chi connectivity index (χ1n) is 7.99. The standard InChI is InChI=1S/C17H17F2N5O/c1-23-8-5-10-11(3-2-4-12(10)15(23)25)14(20)13-9-24(22-21-13)17(6-7-17)16(18)19/h2-5,8-9,14,16H,6-7,20H2,1H3/t14-/m0/s1. The second kappa shape index (κ2) is 5.45. The van der Waals surface area contributed by atoms with Crippen LogP contribution in [-0.4, -0.2) is 26.0 Å². The molecule has 2 aromatic heterocycles. The number of hydrogen-bond donors (Lipinski definition) is 1. The monoisotopic (exact) mass is 345 g/mol. The molecule has 0 saturated heterocycles. The molecule has 25 heavy (non-hydrogen) atoms. The summed E-state index contributed by atoms with van der Waals surface area (Å²) in [6.45, 7) is 0. The Kier molecular flexibility index (Phi) is 3.47. The van der Waals surface area contributed by atoms with Crippen LogP contribution in [0.5, 0.6) is 0 Å². The number of alkyl halides is 2. The molecule has 4 rings (SSSR count). The van der Waals surface area contributed by atoms with E-state index in [1.54, 1.807) is 25.4 Å². The van der Waals surface area contributed by atoms with E-state index >= 15 is 0 Å². The van der Waals surface area contributed by atoms with Crippen LogP contribution >= 0.6 is 0 Å². The summed E-state index contributed by atoms with van der Waals surface area (Å²) in [6.07, 6.45) is 1.44. The van der Waals surface area contributed by atoms with Crippen molar-refractivity contribution in [3.05, 3.63) is 58.3 Å². The quantitative estimate of drug-likeness (QED) is 0.784. The van der Waals surface area contributed by atoms with Gasteiger partial charge in [-0.3, -0.25) is 4.79 Å². The molecule has 3 aromatic rings. The van der Waals surface area contributed by atoms with Crippen LogP contribution in [0, 0.1) is 0 Å². The van der Waals surface area contributed by atoms with Crippen molar-refractivity contribution >= 4 is 10.8 Å². The zero-order chi connectivity index (χ0) is 17.8. The maximum Gasteiger partial charge on any atom is 0.263 e. The zero-order valence-electron chi connectivity index (χ0n) is 13.6. The van der Waals surface area contributed by atoms with Crippen molar-refractivity contribution in [1.29, 1.82) is 0 Å². The minimum absolute atomic E-state index is 0.121. The molecule has 130 valence electrons. The first kappa shape index (κ1) is 15.9. The number of benzene rings is 1. The average Bonchev–Trinajstić information content (AvgIpc) is 3.28. The molecule has 0 spiro atoms. The van der Waals surface area contributed by atoms with Gasteiger partial charge in [-0.25, -0.2) is 13.5 Å². The summed E-state index contributed by atoms with van der Waals surface area (Å²) >= 11 is 0. The third-order valence-corrected chi connectivity index (χ3v) is 4.94. The summed E-state index contributed by atoms with van der Waals surface area (Å²) in [5, 5.41) is 9.15. The van der Waals surface area contributed by atoms with Crippen molar-refractivity contribution in [3.63, 3.8) is 0 Å². The van der Waals surface area contributed by atoms with Crippen molar-refractivity contribution in [2.45, 2.75) is 30.8 Å². The molecule has 1 fully saturated rings. The van der Waals surface area contributed by atoms with Gasteiger partial charge in [-0.15, -0.1) is 5.10 Å². The van der Waals surface area contributed by atoms with E-state index in [1.807, 2.05) is 12.1 Å². The number of pyridine rings is 1. The smallest absolute Gasteiger partial charge is 0.263 e. The minimum Gasteiger partial charge on any atom is -0.319 e. The van der Waals surface area contributed by atoms with E-state index in [4.69, 9.17) is 5.73 Å². The molecule has 0 amide bonds. The summed E-state index contributed by atoms with van der Waals surface area (Å²) in [5.41, 5.74) is 6.07. The van der Waals surface area contributed by atoms with E-state index in [0.717, 1.165) is 5.39 Å². The van der Waals surface area contributed by atoms with E-state index in [0.29, 0.717) is 29.5 Å². The molecule has 1 aliphatic rings. The van der Waals surface area contributed by atoms with Crippen LogP contribution in [0.1, 0.15) is 30.1 Å². The fourth-order valence-corrected chi connectivity index (χ4v) is 3.14. The summed E-state index contributed by atoms with van der Waals surface area (Å²) < 4.78 is 29.2. The Morgan fingerprint density at radius 2 is 2.00 bits per heavy atom. The highest BCUT2D eigenvalue weighted by Crippen LogP contribution is 2.48. The summed E-state index contributed by atoms with van der Waals surface area (Å²) in [5.74, 6) is 0. The Bertz CT molecular complexity index is 1010. The predicted molar refractivity (Wildman–Crippen MR) is 88.5 cm³/mol. The lowest BCUT2D eigenvalue weighted by Crippen LogP contribution is -2.26. The van der Waals surface area contributed by atoms with Crippen molar-refractivity contribution < 1.29 is 8.78 Å². The molecule has 8 heteroatoms. The lowest BCUT2D eigenvalue weighted by Gasteiger charge is -2.14. The Hall–Kier alpha value is -2.61. The first-order chi connectivity index (χ1) is 11.9. The molecule has 6 nitrogen and oxygen atoms in total. The molecule has 2 heterocycles. The largest absolute Gasteiger partial charge is 0.319 e. The van der Waals surface area contributed by atoms with Gasteiger partial charge >= 0.3 is 0 Å². The van der Waals surface area contributed by atoms with E-state index in [2.05, 4.69) is 10.3 Å². The molecule has 0 bridgehead atoms. The van der Waals surface area contributed by atoms with Gasteiger partial charge in [0.25, 0.3) is 12.0 Å². The number of rotatable bonds is 4. The number of aromatic nitrogens is 4. The maximum absolute atomic E-state index is 13.2. The third-order valence-electron chi connectivity index (χ3n) is 4.94. The van der Waals surface area contributed by atoms with Crippen LogP contribution in [0.3, 0.4) is 0 Å². The Balaban J connectivity index is 1.76. The molecule has 0 aliphatic heterocycles. The second-order valence-corrected chi connectivity index (χ2v) is 6.51. The molecular weight excluding hydrogens is 328 g/mol. The summed E-state index contributed by atoms with van der Waals surface area (Å²) in [4.78, 5) is 12.3. The van der Waals surface area contributed by atoms with Crippen LogP contribution in [0.25, 0.3) is 10.8 Å². The van der Waals surface area contributed by atoms with E-state index < -0.39 is 18.0 Å². The molecular formula is C17H17F2N5O. The van der Waals surface area contributed by atoms with Crippen molar-refractivity contribution in [1.82, 2.24) is 19.6 Å². The molecule has 0 radical (unpaired) electrons. The van der Waals surface area contributed by atoms with Gasteiger partial charge in [-0.1, -0.05) is 17.3 Å². The van der Waals surface area contributed by atoms with Crippen LogP contribution in [0.4, 0.5) is 8.78 Å². The van der Waals surface area contributed by atoms with Crippen LogP contribution < -0.4 is 11.3 Å². The van der Waals surface area contributed by atoms with Crippen LogP contribution in [0.15, 0.2) is 41.5 Å². The number of hydrogen-bond acceptors (Lipinski definition) is 4. The van der Waals surface area contributed by atoms with E-state index in [9.17, 15) is 13.6 Å². The number of nitrogens with zero attached hydrogens (tertiary/aromatic N) is 4. The van der Waals surface area contributed by atoms with Gasteiger partial charge in [-0.05, 0) is 35.9 Å². The fourth-order valence-electron chi connectivity index (χ4n) is 3.14. The molecule has 0 unspecified atom stereocenters. The Morgan fingerprint density at radius 3 is 2.68 bits per heavy atom.